The summed E-state index contributed by atoms with van der Waals surface area (Å²) >= 11 is 2.10. The van der Waals surface area contributed by atoms with Gasteiger partial charge in [-0.05, 0) is 43.9 Å². The molecule has 0 amide bonds. The normalized spacial score (nSPS) is 29.3. The van der Waals surface area contributed by atoms with E-state index in [9.17, 15) is 4.79 Å². The van der Waals surface area contributed by atoms with Gasteiger partial charge in [0.05, 0.1) is 13.5 Å². The zero-order chi connectivity index (χ0) is 14.4. The third-order valence-corrected chi connectivity index (χ3v) is 6.65. The van der Waals surface area contributed by atoms with E-state index in [-0.39, 0.29) is 11.4 Å². The highest BCUT2D eigenvalue weighted by Gasteiger charge is 2.45. The smallest absolute Gasteiger partial charge is 0.306 e. The Hall–Kier alpha value is -0.220. The molecule has 0 aromatic carbocycles. The molecule has 0 aliphatic heterocycles. The summed E-state index contributed by atoms with van der Waals surface area (Å²) in [7, 11) is 3.60. The summed E-state index contributed by atoms with van der Waals surface area (Å²) < 4.78 is 4.84. The van der Waals surface area contributed by atoms with Gasteiger partial charge in [0.15, 0.2) is 0 Å². The maximum atomic E-state index is 11.5. The van der Waals surface area contributed by atoms with E-state index >= 15 is 0 Å². The van der Waals surface area contributed by atoms with E-state index in [1.807, 2.05) is 0 Å². The van der Waals surface area contributed by atoms with Crippen LogP contribution >= 0.6 is 11.8 Å². The Bertz CT molecular complexity index is 318. The SMILES string of the molecule is CNC1CCCCCCC1SCC1(CC(=O)OC)CC1. The zero-order valence-electron chi connectivity index (χ0n) is 13.0. The van der Waals surface area contributed by atoms with Crippen LogP contribution in [0.25, 0.3) is 0 Å². The fourth-order valence-electron chi connectivity index (χ4n) is 3.19. The van der Waals surface area contributed by atoms with Crippen molar-refractivity contribution in [3.8, 4) is 0 Å². The molecule has 2 saturated carbocycles. The number of thioether (sulfide) groups is 1. The van der Waals surface area contributed by atoms with E-state index in [1.165, 1.54) is 58.5 Å². The molecular formula is C16H29NO2S. The number of carbonyl (C=O) groups is 1. The first-order valence-corrected chi connectivity index (χ1v) is 9.10. The van der Waals surface area contributed by atoms with Crippen LogP contribution in [-0.2, 0) is 9.53 Å². The van der Waals surface area contributed by atoms with Crippen molar-refractivity contribution in [1.29, 1.82) is 0 Å². The molecule has 0 saturated heterocycles. The van der Waals surface area contributed by atoms with Gasteiger partial charge in [0.25, 0.3) is 0 Å². The third kappa shape index (κ3) is 4.66. The molecule has 0 bridgehead atoms. The summed E-state index contributed by atoms with van der Waals surface area (Å²) in [6.07, 6.45) is 11.1. The molecule has 2 aliphatic carbocycles. The minimum absolute atomic E-state index is 0.0362. The van der Waals surface area contributed by atoms with Gasteiger partial charge in [-0.15, -0.1) is 0 Å². The van der Waals surface area contributed by atoms with Gasteiger partial charge in [-0.2, -0.15) is 11.8 Å². The lowest BCUT2D eigenvalue weighted by Gasteiger charge is -2.30. The Balaban J connectivity index is 1.82. The Morgan fingerprint density at radius 2 is 1.95 bits per heavy atom. The molecule has 3 nitrogen and oxygen atoms in total. The summed E-state index contributed by atoms with van der Waals surface area (Å²) in [5.74, 6) is 1.09. The summed E-state index contributed by atoms with van der Waals surface area (Å²) in [5.41, 5.74) is 0.262. The fourth-order valence-corrected chi connectivity index (χ4v) is 4.99. The molecule has 2 rings (SSSR count). The summed E-state index contributed by atoms with van der Waals surface area (Å²) in [5, 5.41) is 4.24. The number of hydrogen-bond acceptors (Lipinski definition) is 4. The lowest BCUT2D eigenvalue weighted by Crippen LogP contribution is -2.37. The summed E-state index contributed by atoms with van der Waals surface area (Å²) in [6.45, 7) is 0. The third-order valence-electron chi connectivity index (χ3n) is 4.88. The van der Waals surface area contributed by atoms with Gasteiger partial charge in [0.1, 0.15) is 0 Å². The number of carbonyl (C=O) groups excluding carboxylic acids is 1. The number of rotatable bonds is 6. The number of nitrogens with one attached hydrogen (secondary N) is 1. The highest BCUT2D eigenvalue weighted by Crippen LogP contribution is 2.52. The predicted molar refractivity (Wildman–Crippen MR) is 85.1 cm³/mol. The van der Waals surface area contributed by atoms with Gasteiger partial charge in [0.2, 0.25) is 0 Å². The van der Waals surface area contributed by atoms with Crippen LogP contribution in [0.1, 0.15) is 57.8 Å². The molecule has 0 spiro atoms. The van der Waals surface area contributed by atoms with Crippen LogP contribution in [0.4, 0.5) is 0 Å². The number of methoxy groups -OCH3 is 1. The molecule has 0 aromatic rings. The van der Waals surface area contributed by atoms with Crippen LogP contribution in [-0.4, -0.2) is 37.2 Å². The first-order valence-electron chi connectivity index (χ1n) is 8.05. The molecule has 0 heterocycles. The first-order chi connectivity index (χ1) is 9.69. The Morgan fingerprint density at radius 3 is 2.55 bits per heavy atom. The lowest BCUT2D eigenvalue weighted by atomic mass is 9.96. The predicted octanol–water partition coefficient (Wildman–Crippen LogP) is 3.37. The van der Waals surface area contributed by atoms with E-state index in [4.69, 9.17) is 4.74 Å². The first kappa shape index (κ1) is 16.2. The second kappa shape index (κ2) is 7.69. The van der Waals surface area contributed by atoms with Crippen molar-refractivity contribution in [3.05, 3.63) is 0 Å². The van der Waals surface area contributed by atoms with Crippen LogP contribution in [0.3, 0.4) is 0 Å². The molecule has 2 atom stereocenters. The standard InChI is InChI=1S/C16H29NO2S/c1-17-13-7-5-3-4-6-8-14(13)20-12-16(9-10-16)11-15(18)19-2/h13-14,17H,3-12H2,1-2H3. The van der Waals surface area contributed by atoms with Crippen molar-refractivity contribution in [3.63, 3.8) is 0 Å². The second-order valence-electron chi connectivity index (χ2n) is 6.49. The van der Waals surface area contributed by atoms with Crippen molar-refractivity contribution < 1.29 is 9.53 Å². The highest BCUT2D eigenvalue weighted by atomic mass is 32.2. The van der Waals surface area contributed by atoms with Crippen LogP contribution < -0.4 is 5.32 Å². The second-order valence-corrected chi connectivity index (χ2v) is 7.72. The van der Waals surface area contributed by atoms with Gasteiger partial charge < -0.3 is 10.1 Å². The quantitative estimate of drug-likeness (QED) is 0.763. The number of hydrogen-bond donors (Lipinski definition) is 1. The topological polar surface area (TPSA) is 38.3 Å². The van der Waals surface area contributed by atoms with Crippen LogP contribution in [0.5, 0.6) is 0 Å². The number of esters is 1. The monoisotopic (exact) mass is 299 g/mol. The molecule has 20 heavy (non-hydrogen) atoms. The molecule has 116 valence electrons. The van der Waals surface area contributed by atoms with E-state index in [1.54, 1.807) is 0 Å². The minimum atomic E-state index is -0.0362. The molecule has 2 fully saturated rings. The molecule has 1 N–H and O–H groups in total. The van der Waals surface area contributed by atoms with Crippen molar-refractivity contribution in [2.75, 3.05) is 19.9 Å². The molecule has 2 aliphatic rings. The average molecular weight is 299 g/mol. The largest absolute Gasteiger partial charge is 0.469 e. The average Bonchev–Trinajstić information content (AvgIpc) is 3.18. The molecular weight excluding hydrogens is 270 g/mol. The van der Waals surface area contributed by atoms with Gasteiger partial charge in [-0.3, -0.25) is 4.79 Å². The Morgan fingerprint density at radius 1 is 1.25 bits per heavy atom. The van der Waals surface area contributed by atoms with Gasteiger partial charge in [-0.25, -0.2) is 0 Å². The van der Waals surface area contributed by atoms with Crippen molar-refractivity contribution in [2.24, 2.45) is 5.41 Å². The summed E-state index contributed by atoms with van der Waals surface area (Å²) in [6, 6.07) is 0.647. The highest BCUT2D eigenvalue weighted by molar-refractivity contribution is 8.00. The molecule has 4 heteroatoms. The zero-order valence-corrected chi connectivity index (χ0v) is 13.8. The molecule has 0 aromatic heterocycles. The van der Waals surface area contributed by atoms with Crippen molar-refractivity contribution in [1.82, 2.24) is 5.32 Å². The van der Waals surface area contributed by atoms with Crippen LogP contribution in [0, 0.1) is 5.41 Å². The van der Waals surface area contributed by atoms with E-state index in [0.29, 0.717) is 12.5 Å². The Labute approximate surface area is 127 Å². The van der Waals surface area contributed by atoms with Gasteiger partial charge >= 0.3 is 5.97 Å². The maximum absolute atomic E-state index is 11.5. The van der Waals surface area contributed by atoms with E-state index in [0.717, 1.165) is 11.0 Å². The molecule has 2 unspecified atom stereocenters. The fraction of sp³-hybridized carbons (Fsp3) is 0.938. The minimum Gasteiger partial charge on any atom is -0.469 e. The Kier molecular flexibility index (Phi) is 6.21. The van der Waals surface area contributed by atoms with Crippen LogP contribution in [0.2, 0.25) is 0 Å². The van der Waals surface area contributed by atoms with Crippen LogP contribution in [0.15, 0.2) is 0 Å². The number of ether oxygens (including phenoxy) is 1. The van der Waals surface area contributed by atoms with Gasteiger partial charge in [-0.1, -0.05) is 25.7 Å². The summed E-state index contributed by atoms with van der Waals surface area (Å²) in [4.78, 5) is 11.5. The van der Waals surface area contributed by atoms with E-state index < -0.39 is 0 Å². The lowest BCUT2D eigenvalue weighted by molar-refractivity contribution is -0.141. The van der Waals surface area contributed by atoms with Crippen molar-refractivity contribution in [2.45, 2.75) is 69.1 Å². The molecule has 0 radical (unpaired) electrons. The van der Waals surface area contributed by atoms with Gasteiger partial charge in [0, 0.05) is 11.3 Å². The maximum Gasteiger partial charge on any atom is 0.306 e. The van der Waals surface area contributed by atoms with E-state index in [2.05, 4.69) is 24.1 Å². The van der Waals surface area contributed by atoms with Crippen molar-refractivity contribution >= 4 is 17.7 Å².